The first-order chi connectivity index (χ1) is 11.2. The van der Waals surface area contributed by atoms with Gasteiger partial charge in [0.05, 0.1) is 18.7 Å². The van der Waals surface area contributed by atoms with Crippen LogP contribution >= 0.6 is 0 Å². The molecule has 2 atom stereocenters. The fraction of sp³-hybridized carbons (Fsp3) is 0.389. The number of β-amino-alcohol motifs (C(OH)–C–C–N with tert-alkyl or cyclic N) is 1. The van der Waals surface area contributed by atoms with Crippen LogP contribution < -0.4 is 5.32 Å². The third-order valence-electron chi connectivity index (χ3n) is 4.66. The Morgan fingerprint density at radius 3 is 2.87 bits per heavy atom. The molecule has 4 rings (SSSR count). The van der Waals surface area contributed by atoms with Crippen LogP contribution in [0.1, 0.15) is 17.7 Å². The molecule has 1 aromatic heterocycles. The van der Waals surface area contributed by atoms with Crippen molar-refractivity contribution in [3.63, 3.8) is 0 Å². The van der Waals surface area contributed by atoms with E-state index >= 15 is 0 Å². The summed E-state index contributed by atoms with van der Waals surface area (Å²) in [4.78, 5) is 14.4. The number of hydrogen-bond acceptors (Lipinski definition) is 4. The van der Waals surface area contributed by atoms with Crippen LogP contribution in [0.15, 0.2) is 40.8 Å². The Labute approximate surface area is 134 Å². The van der Waals surface area contributed by atoms with Crippen LogP contribution in [-0.4, -0.2) is 41.1 Å². The standard InChI is InChI=1S/C18H20N2O3/c21-14-9-15(19-10-14)18(22)20-7-6-13-8-16(23-17(13)11-20)12-4-2-1-3-5-12/h1-5,8,14-15,19,21H,6-7,9-11H2/t14-,15+/m0/s1. The minimum absolute atomic E-state index is 0.0601. The third kappa shape index (κ3) is 2.78. The van der Waals surface area contributed by atoms with Crippen molar-refractivity contribution in [1.82, 2.24) is 10.2 Å². The molecule has 0 radical (unpaired) electrons. The number of fused-ring (bicyclic) bond motifs is 1. The molecular weight excluding hydrogens is 292 g/mol. The fourth-order valence-electron chi connectivity index (χ4n) is 3.38. The Balaban J connectivity index is 1.51. The summed E-state index contributed by atoms with van der Waals surface area (Å²) < 4.78 is 5.99. The first-order valence-electron chi connectivity index (χ1n) is 8.08. The summed E-state index contributed by atoms with van der Waals surface area (Å²) in [5.74, 6) is 1.80. The van der Waals surface area contributed by atoms with Gasteiger partial charge in [0.15, 0.2) is 0 Å². The lowest BCUT2D eigenvalue weighted by atomic mass is 10.1. The molecule has 2 aliphatic heterocycles. The average molecular weight is 312 g/mol. The van der Waals surface area contributed by atoms with Crippen LogP contribution in [0, 0.1) is 0 Å². The highest BCUT2D eigenvalue weighted by molar-refractivity contribution is 5.82. The number of amides is 1. The minimum Gasteiger partial charge on any atom is -0.459 e. The van der Waals surface area contributed by atoms with Crippen molar-refractivity contribution in [2.24, 2.45) is 0 Å². The number of benzene rings is 1. The zero-order chi connectivity index (χ0) is 15.8. The summed E-state index contributed by atoms with van der Waals surface area (Å²) in [6.45, 7) is 1.71. The van der Waals surface area contributed by atoms with Crippen LogP contribution in [0.4, 0.5) is 0 Å². The van der Waals surface area contributed by atoms with E-state index in [0.717, 1.165) is 23.5 Å². The Kier molecular flexibility index (Phi) is 3.67. The molecule has 5 heteroatoms. The number of nitrogens with zero attached hydrogens (tertiary/aromatic N) is 1. The van der Waals surface area contributed by atoms with Crippen LogP contribution in [-0.2, 0) is 17.8 Å². The fourth-order valence-corrected chi connectivity index (χ4v) is 3.38. The maximum atomic E-state index is 12.5. The van der Waals surface area contributed by atoms with Gasteiger partial charge in [0, 0.05) is 18.7 Å². The topological polar surface area (TPSA) is 65.7 Å². The van der Waals surface area contributed by atoms with Crippen molar-refractivity contribution in [2.45, 2.75) is 31.5 Å². The average Bonchev–Trinajstić information content (AvgIpc) is 3.20. The molecule has 0 saturated carbocycles. The summed E-state index contributed by atoms with van der Waals surface area (Å²) >= 11 is 0. The maximum Gasteiger partial charge on any atom is 0.240 e. The number of hydrogen-bond donors (Lipinski definition) is 2. The molecule has 120 valence electrons. The summed E-state index contributed by atoms with van der Waals surface area (Å²) in [7, 11) is 0. The molecule has 1 fully saturated rings. The largest absolute Gasteiger partial charge is 0.459 e. The molecule has 0 spiro atoms. The summed E-state index contributed by atoms with van der Waals surface area (Å²) in [6, 6.07) is 11.8. The highest BCUT2D eigenvalue weighted by Gasteiger charge is 2.33. The van der Waals surface area contributed by atoms with Crippen LogP contribution in [0.25, 0.3) is 11.3 Å². The lowest BCUT2D eigenvalue weighted by Crippen LogP contribution is -2.45. The molecule has 1 saturated heterocycles. The predicted molar refractivity (Wildman–Crippen MR) is 85.7 cm³/mol. The van der Waals surface area contributed by atoms with Gasteiger partial charge in [-0.25, -0.2) is 0 Å². The van der Waals surface area contributed by atoms with E-state index in [1.54, 1.807) is 0 Å². The highest BCUT2D eigenvalue weighted by atomic mass is 16.3. The second-order valence-electron chi connectivity index (χ2n) is 6.29. The van der Waals surface area contributed by atoms with Crippen LogP contribution in [0.3, 0.4) is 0 Å². The number of rotatable bonds is 2. The molecule has 1 aromatic carbocycles. The van der Waals surface area contributed by atoms with Crippen molar-refractivity contribution in [3.8, 4) is 11.3 Å². The number of furan rings is 1. The number of aliphatic hydroxyl groups is 1. The second-order valence-corrected chi connectivity index (χ2v) is 6.29. The SMILES string of the molecule is O=C([C@H]1C[C@H](O)CN1)N1CCc2cc(-c3ccccc3)oc2C1. The molecule has 0 unspecified atom stereocenters. The summed E-state index contributed by atoms with van der Waals surface area (Å²) in [5.41, 5.74) is 2.24. The lowest BCUT2D eigenvalue weighted by molar-refractivity contribution is -0.134. The number of nitrogens with one attached hydrogen (secondary N) is 1. The minimum atomic E-state index is -0.419. The first-order valence-corrected chi connectivity index (χ1v) is 8.08. The van der Waals surface area contributed by atoms with E-state index in [2.05, 4.69) is 11.4 Å². The highest BCUT2D eigenvalue weighted by Crippen LogP contribution is 2.29. The van der Waals surface area contributed by atoms with Gasteiger partial charge in [0.1, 0.15) is 11.5 Å². The summed E-state index contributed by atoms with van der Waals surface area (Å²) in [5, 5.41) is 12.7. The van der Waals surface area contributed by atoms with E-state index in [-0.39, 0.29) is 11.9 Å². The van der Waals surface area contributed by atoms with Gasteiger partial charge in [-0.3, -0.25) is 4.79 Å². The molecule has 2 N–H and O–H groups in total. The van der Waals surface area contributed by atoms with Crippen molar-refractivity contribution in [1.29, 1.82) is 0 Å². The van der Waals surface area contributed by atoms with E-state index in [1.807, 2.05) is 35.2 Å². The van der Waals surface area contributed by atoms with Gasteiger partial charge in [-0.15, -0.1) is 0 Å². The molecule has 0 bridgehead atoms. The van der Waals surface area contributed by atoms with Gasteiger partial charge in [-0.1, -0.05) is 30.3 Å². The Bertz CT molecular complexity index is 710. The van der Waals surface area contributed by atoms with Crippen LogP contribution in [0.5, 0.6) is 0 Å². The monoisotopic (exact) mass is 312 g/mol. The van der Waals surface area contributed by atoms with Crippen molar-refractivity contribution in [3.05, 3.63) is 47.7 Å². The van der Waals surface area contributed by atoms with E-state index < -0.39 is 6.10 Å². The van der Waals surface area contributed by atoms with Crippen LogP contribution in [0.2, 0.25) is 0 Å². The van der Waals surface area contributed by atoms with Gasteiger partial charge >= 0.3 is 0 Å². The molecule has 3 heterocycles. The third-order valence-corrected chi connectivity index (χ3v) is 4.66. The first kappa shape index (κ1) is 14.5. The smallest absolute Gasteiger partial charge is 0.240 e. The molecule has 1 amide bonds. The van der Waals surface area contributed by atoms with Crippen molar-refractivity contribution >= 4 is 5.91 Å². The Hall–Kier alpha value is -2.11. The number of carbonyl (C=O) groups is 1. The number of aliphatic hydroxyl groups excluding tert-OH is 1. The van der Waals surface area contributed by atoms with Gasteiger partial charge < -0.3 is 19.7 Å². The van der Waals surface area contributed by atoms with Crippen molar-refractivity contribution in [2.75, 3.05) is 13.1 Å². The molecule has 2 aliphatic rings. The van der Waals surface area contributed by atoms with E-state index in [1.165, 1.54) is 5.56 Å². The quantitative estimate of drug-likeness (QED) is 0.883. The summed E-state index contributed by atoms with van der Waals surface area (Å²) in [6.07, 6.45) is 0.889. The van der Waals surface area contributed by atoms with E-state index in [4.69, 9.17) is 4.42 Å². The second kappa shape index (κ2) is 5.83. The molecule has 23 heavy (non-hydrogen) atoms. The normalized spacial score (nSPS) is 23.8. The maximum absolute atomic E-state index is 12.5. The van der Waals surface area contributed by atoms with Crippen molar-refractivity contribution < 1.29 is 14.3 Å². The molecular formula is C18H20N2O3. The lowest BCUT2D eigenvalue weighted by Gasteiger charge is -2.28. The van der Waals surface area contributed by atoms with Gasteiger partial charge in [-0.2, -0.15) is 0 Å². The molecule has 2 aromatic rings. The van der Waals surface area contributed by atoms with Gasteiger partial charge in [0.25, 0.3) is 0 Å². The Morgan fingerprint density at radius 1 is 1.30 bits per heavy atom. The van der Waals surface area contributed by atoms with E-state index in [0.29, 0.717) is 26.1 Å². The zero-order valence-electron chi connectivity index (χ0n) is 12.9. The Morgan fingerprint density at radius 2 is 2.13 bits per heavy atom. The molecule has 5 nitrogen and oxygen atoms in total. The van der Waals surface area contributed by atoms with Gasteiger partial charge in [-0.05, 0) is 24.5 Å². The van der Waals surface area contributed by atoms with Gasteiger partial charge in [0.2, 0.25) is 5.91 Å². The molecule has 0 aliphatic carbocycles. The predicted octanol–water partition coefficient (Wildman–Crippen LogP) is 1.55. The van der Waals surface area contributed by atoms with E-state index in [9.17, 15) is 9.90 Å². The zero-order valence-corrected chi connectivity index (χ0v) is 12.9. The number of carbonyl (C=O) groups excluding carboxylic acids is 1.